The maximum Gasteiger partial charge on any atom is 0.290 e. The molecule has 15 heavy (non-hydrogen) atoms. The first-order valence-electron chi connectivity index (χ1n) is 4.96. The van der Waals surface area contributed by atoms with Gasteiger partial charge < -0.3 is 10.4 Å². The van der Waals surface area contributed by atoms with E-state index in [2.05, 4.69) is 20.5 Å². The van der Waals surface area contributed by atoms with Crippen molar-refractivity contribution in [3.05, 3.63) is 11.6 Å². The normalized spacial score (nSPS) is 10.7. The lowest BCUT2D eigenvalue weighted by Crippen LogP contribution is -2.26. The second-order valence-corrected chi connectivity index (χ2v) is 3.53. The van der Waals surface area contributed by atoms with Gasteiger partial charge >= 0.3 is 0 Å². The average Bonchev–Trinajstić information content (AvgIpc) is 2.66. The standard InChI is InChI=1S/C9H16N4O2/c1-6(2)7-11-8(13-12-7)9(15)10-4-3-5-14/h6,14H,3-5H2,1-2H3,(H,10,15)(H,11,12,13). The number of aliphatic hydroxyl groups excluding tert-OH is 1. The molecule has 6 heteroatoms. The summed E-state index contributed by atoms with van der Waals surface area (Å²) in [5.41, 5.74) is 0. The van der Waals surface area contributed by atoms with Crippen molar-refractivity contribution in [2.45, 2.75) is 26.2 Å². The topological polar surface area (TPSA) is 90.9 Å². The highest BCUT2D eigenvalue weighted by atomic mass is 16.3. The smallest absolute Gasteiger partial charge is 0.290 e. The number of hydrogen-bond acceptors (Lipinski definition) is 4. The first-order chi connectivity index (χ1) is 7.15. The number of amides is 1. The largest absolute Gasteiger partial charge is 0.396 e. The summed E-state index contributed by atoms with van der Waals surface area (Å²) >= 11 is 0. The van der Waals surface area contributed by atoms with E-state index in [1.54, 1.807) is 0 Å². The fourth-order valence-corrected chi connectivity index (χ4v) is 0.994. The monoisotopic (exact) mass is 212 g/mol. The van der Waals surface area contributed by atoms with E-state index in [1.807, 2.05) is 13.8 Å². The van der Waals surface area contributed by atoms with Gasteiger partial charge in [-0.3, -0.25) is 9.89 Å². The number of aliphatic hydroxyl groups is 1. The van der Waals surface area contributed by atoms with Gasteiger partial charge in [0.2, 0.25) is 5.82 Å². The van der Waals surface area contributed by atoms with Crippen LogP contribution in [0.15, 0.2) is 0 Å². The van der Waals surface area contributed by atoms with E-state index in [1.165, 1.54) is 0 Å². The second kappa shape index (κ2) is 5.45. The number of rotatable bonds is 5. The van der Waals surface area contributed by atoms with Gasteiger partial charge in [0.25, 0.3) is 5.91 Å². The number of H-pyrrole nitrogens is 1. The van der Waals surface area contributed by atoms with E-state index in [9.17, 15) is 4.79 Å². The van der Waals surface area contributed by atoms with Gasteiger partial charge in [-0.15, -0.1) is 5.10 Å². The quantitative estimate of drug-likeness (QED) is 0.601. The molecule has 0 saturated carbocycles. The third kappa shape index (κ3) is 3.32. The summed E-state index contributed by atoms with van der Waals surface area (Å²) in [6.07, 6.45) is 0.535. The third-order valence-electron chi connectivity index (χ3n) is 1.87. The van der Waals surface area contributed by atoms with Crippen molar-refractivity contribution in [3.63, 3.8) is 0 Å². The SMILES string of the molecule is CC(C)c1nc(C(=O)NCCCO)n[nH]1. The number of aromatic amines is 1. The average molecular weight is 212 g/mol. The fraction of sp³-hybridized carbons (Fsp3) is 0.667. The van der Waals surface area contributed by atoms with Crippen LogP contribution in [0, 0.1) is 0 Å². The van der Waals surface area contributed by atoms with Crippen LogP contribution >= 0.6 is 0 Å². The number of nitrogens with one attached hydrogen (secondary N) is 2. The molecule has 0 aliphatic heterocycles. The fourth-order valence-electron chi connectivity index (χ4n) is 0.994. The summed E-state index contributed by atoms with van der Waals surface area (Å²) in [7, 11) is 0. The van der Waals surface area contributed by atoms with E-state index in [-0.39, 0.29) is 24.3 Å². The van der Waals surface area contributed by atoms with Crippen molar-refractivity contribution in [2.24, 2.45) is 0 Å². The predicted octanol–water partition coefficient (Wildman–Crippen LogP) is 0.0403. The molecule has 0 saturated heterocycles. The minimum atomic E-state index is -0.313. The van der Waals surface area contributed by atoms with Gasteiger partial charge in [-0.1, -0.05) is 13.8 Å². The van der Waals surface area contributed by atoms with Crippen LogP contribution in [-0.2, 0) is 0 Å². The minimum absolute atomic E-state index is 0.0610. The molecule has 1 heterocycles. The zero-order valence-corrected chi connectivity index (χ0v) is 8.95. The van der Waals surface area contributed by atoms with Crippen LogP contribution in [0.2, 0.25) is 0 Å². The lowest BCUT2D eigenvalue weighted by atomic mass is 10.2. The Morgan fingerprint density at radius 2 is 2.33 bits per heavy atom. The number of hydrogen-bond donors (Lipinski definition) is 3. The van der Waals surface area contributed by atoms with Crippen LogP contribution in [0.1, 0.15) is 42.6 Å². The maximum atomic E-state index is 11.4. The van der Waals surface area contributed by atoms with Crippen LogP contribution in [0.5, 0.6) is 0 Å². The number of carbonyl (C=O) groups is 1. The van der Waals surface area contributed by atoms with Gasteiger partial charge in [-0.05, 0) is 6.42 Å². The van der Waals surface area contributed by atoms with Crippen molar-refractivity contribution in [3.8, 4) is 0 Å². The highest BCUT2D eigenvalue weighted by Gasteiger charge is 2.12. The Labute approximate surface area is 88.1 Å². The van der Waals surface area contributed by atoms with Crippen molar-refractivity contribution < 1.29 is 9.90 Å². The van der Waals surface area contributed by atoms with E-state index >= 15 is 0 Å². The van der Waals surface area contributed by atoms with Crippen LogP contribution < -0.4 is 5.32 Å². The summed E-state index contributed by atoms with van der Waals surface area (Å²) in [4.78, 5) is 15.5. The molecule has 0 spiro atoms. The first kappa shape index (κ1) is 11.6. The summed E-state index contributed by atoms with van der Waals surface area (Å²) in [6, 6.07) is 0. The minimum Gasteiger partial charge on any atom is -0.396 e. The Kier molecular flexibility index (Phi) is 4.23. The highest BCUT2D eigenvalue weighted by Crippen LogP contribution is 2.07. The van der Waals surface area contributed by atoms with Crippen LogP contribution in [0.3, 0.4) is 0 Å². The van der Waals surface area contributed by atoms with Crippen molar-refractivity contribution >= 4 is 5.91 Å². The molecule has 0 fully saturated rings. The van der Waals surface area contributed by atoms with E-state index in [4.69, 9.17) is 5.11 Å². The molecule has 6 nitrogen and oxygen atoms in total. The summed E-state index contributed by atoms with van der Waals surface area (Å²) in [5.74, 6) is 0.752. The predicted molar refractivity (Wildman–Crippen MR) is 54.5 cm³/mol. The molecular weight excluding hydrogens is 196 g/mol. The zero-order chi connectivity index (χ0) is 11.3. The molecule has 1 rings (SSSR count). The van der Waals surface area contributed by atoms with Crippen LogP contribution in [-0.4, -0.2) is 39.3 Å². The summed E-state index contributed by atoms with van der Waals surface area (Å²) < 4.78 is 0. The molecule has 0 unspecified atom stereocenters. The number of carbonyl (C=O) groups excluding carboxylic acids is 1. The zero-order valence-electron chi connectivity index (χ0n) is 8.95. The Morgan fingerprint density at radius 1 is 1.60 bits per heavy atom. The molecule has 1 amide bonds. The summed E-state index contributed by atoms with van der Waals surface area (Å²) in [6.45, 7) is 4.42. The summed E-state index contributed by atoms with van der Waals surface area (Å²) in [5, 5.41) is 17.7. The molecule has 0 aromatic carbocycles. The molecule has 1 aromatic rings. The molecule has 84 valence electrons. The molecule has 0 atom stereocenters. The third-order valence-corrected chi connectivity index (χ3v) is 1.87. The highest BCUT2D eigenvalue weighted by molar-refractivity contribution is 5.90. The molecular formula is C9H16N4O2. The first-order valence-corrected chi connectivity index (χ1v) is 4.96. The number of nitrogens with zero attached hydrogens (tertiary/aromatic N) is 2. The Bertz CT molecular complexity index is 322. The van der Waals surface area contributed by atoms with E-state index in [0.29, 0.717) is 18.8 Å². The molecule has 3 N–H and O–H groups in total. The van der Waals surface area contributed by atoms with E-state index in [0.717, 1.165) is 0 Å². The van der Waals surface area contributed by atoms with Crippen molar-refractivity contribution in [1.29, 1.82) is 0 Å². The van der Waals surface area contributed by atoms with Crippen molar-refractivity contribution in [2.75, 3.05) is 13.2 Å². The Morgan fingerprint density at radius 3 is 2.87 bits per heavy atom. The number of aromatic nitrogens is 3. The lowest BCUT2D eigenvalue weighted by Gasteiger charge is -1.99. The maximum absolute atomic E-state index is 11.4. The molecule has 0 aliphatic rings. The van der Waals surface area contributed by atoms with Crippen molar-refractivity contribution in [1.82, 2.24) is 20.5 Å². The second-order valence-electron chi connectivity index (χ2n) is 3.53. The van der Waals surface area contributed by atoms with E-state index < -0.39 is 0 Å². The Balaban J connectivity index is 2.51. The van der Waals surface area contributed by atoms with Crippen LogP contribution in [0.25, 0.3) is 0 Å². The molecule has 0 bridgehead atoms. The molecule has 1 aromatic heterocycles. The molecule has 0 aliphatic carbocycles. The van der Waals surface area contributed by atoms with Crippen LogP contribution in [0.4, 0.5) is 0 Å². The van der Waals surface area contributed by atoms with Gasteiger partial charge in [0.15, 0.2) is 0 Å². The van der Waals surface area contributed by atoms with Gasteiger partial charge in [-0.2, -0.15) is 0 Å². The van der Waals surface area contributed by atoms with Gasteiger partial charge in [-0.25, -0.2) is 4.98 Å². The Hall–Kier alpha value is -1.43. The lowest BCUT2D eigenvalue weighted by molar-refractivity contribution is 0.0941. The molecule has 0 radical (unpaired) electrons. The van der Waals surface area contributed by atoms with Gasteiger partial charge in [0, 0.05) is 19.1 Å². The van der Waals surface area contributed by atoms with Gasteiger partial charge in [0.05, 0.1) is 0 Å². The van der Waals surface area contributed by atoms with Gasteiger partial charge in [0.1, 0.15) is 5.82 Å².